The van der Waals surface area contributed by atoms with Gasteiger partial charge >= 0.3 is 5.97 Å². The smallest absolute Gasteiger partial charge is 0.319 e. The number of hydrogen-bond donors (Lipinski definition) is 0. The van der Waals surface area contributed by atoms with Crippen LogP contribution in [0, 0.1) is 5.41 Å². The Hall–Kier alpha value is -1.64. The van der Waals surface area contributed by atoms with Crippen molar-refractivity contribution in [2.45, 2.75) is 13.3 Å². The van der Waals surface area contributed by atoms with Crippen molar-refractivity contribution in [1.29, 1.82) is 0 Å². The Morgan fingerprint density at radius 1 is 1.40 bits per heavy atom. The Kier molecular flexibility index (Phi) is 3.61. The van der Waals surface area contributed by atoms with Gasteiger partial charge in [-0.15, -0.1) is 0 Å². The van der Waals surface area contributed by atoms with Crippen LogP contribution in [0.4, 0.5) is 0 Å². The van der Waals surface area contributed by atoms with E-state index in [1.165, 1.54) is 7.11 Å². The third-order valence-electron chi connectivity index (χ3n) is 2.33. The van der Waals surface area contributed by atoms with Crippen LogP contribution in [0.15, 0.2) is 30.3 Å². The molecule has 0 aliphatic rings. The van der Waals surface area contributed by atoms with Crippen LogP contribution in [0.3, 0.4) is 0 Å². The van der Waals surface area contributed by atoms with Crippen LogP contribution in [0.2, 0.25) is 0 Å². The molecule has 1 aromatic rings. The number of rotatable bonds is 4. The molecule has 0 fully saturated rings. The molecule has 0 saturated heterocycles. The summed E-state index contributed by atoms with van der Waals surface area (Å²) in [6, 6.07) is 9.39. The normalized spacial score (nSPS) is 14.0. The van der Waals surface area contributed by atoms with Gasteiger partial charge in [-0.25, -0.2) is 0 Å². The molecule has 0 heterocycles. The van der Waals surface area contributed by atoms with Crippen LogP contribution in [-0.2, 0) is 20.7 Å². The monoisotopic (exact) mass is 206 g/mol. The second-order valence-electron chi connectivity index (χ2n) is 3.69. The third-order valence-corrected chi connectivity index (χ3v) is 2.33. The SMILES string of the molecule is COC(=O)C(C)(C=O)Cc1ccccc1. The molecule has 3 heteroatoms. The lowest BCUT2D eigenvalue weighted by molar-refractivity contribution is -0.153. The quantitative estimate of drug-likeness (QED) is 0.427. The van der Waals surface area contributed by atoms with Crippen LogP contribution in [0.25, 0.3) is 0 Å². The predicted molar refractivity (Wildman–Crippen MR) is 56.3 cm³/mol. The van der Waals surface area contributed by atoms with Gasteiger partial charge in [0.25, 0.3) is 0 Å². The lowest BCUT2D eigenvalue weighted by atomic mass is 9.85. The molecule has 1 aromatic carbocycles. The van der Waals surface area contributed by atoms with Crippen molar-refractivity contribution in [2.75, 3.05) is 7.11 Å². The number of carbonyl (C=O) groups excluding carboxylic acids is 2. The van der Waals surface area contributed by atoms with Crippen LogP contribution in [0.5, 0.6) is 0 Å². The summed E-state index contributed by atoms with van der Waals surface area (Å²) in [6.07, 6.45) is 1.01. The number of aldehydes is 1. The maximum atomic E-state index is 11.4. The zero-order valence-electron chi connectivity index (χ0n) is 8.90. The fourth-order valence-electron chi connectivity index (χ4n) is 1.42. The highest BCUT2D eigenvalue weighted by atomic mass is 16.5. The van der Waals surface area contributed by atoms with Crippen molar-refractivity contribution < 1.29 is 14.3 Å². The zero-order chi connectivity index (χ0) is 11.3. The molecular formula is C12H14O3. The fourth-order valence-corrected chi connectivity index (χ4v) is 1.42. The van der Waals surface area contributed by atoms with E-state index in [0.717, 1.165) is 5.56 Å². The number of benzene rings is 1. The number of ether oxygens (including phenoxy) is 1. The zero-order valence-corrected chi connectivity index (χ0v) is 8.90. The number of esters is 1. The van der Waals surface area contributed by atoms with Gasteiger partial charge in [0.1, 0.15) is 11.7 Å². The number of carbonyl (C=O) groups is 2. The molecule has 0 saturated carbocycles. The van der Waals surface area contributed by atoms with Gasteiger partial charge in [-0.1, -0.05) is 30.3 Å². The molecule has 80 valence electrons. The molecule has 0 aliphatic heterocycles. The Bertz CT molecular complexity index is 345. The largest absolute Gasteiger partial charge is 0.468 e. The van der Waals surface area contributed by atoms with Crippen molar-refractivity contribution in [1.82, 2.24) is 0 Å². The minimum absolute atomic E-state index is 0.365. The molecule has 0 aliphatic carbocycles. The second-order valence-corrected chi connectivity index (χ2v) is 3.69. The standard InChI is InChI=1S/C12H14O3/c1-12(9-13,11(14)15-2)8-10-6-4-3-5-7-10/h3-7,9H,8H2,1-2H3. The van der Waals surface area contributed by atoms with E-state index >= 15 is 0 Å². The minimum atomic E-state index is -1.09. The molecule has 3 nitrogen and oxygen atoms in total. The van der Waals surface area contributed by atoms with Gasteiger partial charge in [0.15, 0.2) is 0 Å². The molecule has 1 atom stereocenters. The molecule has 0 aromatic heterocycles. The van der Waals surface area contributed by atoms with Crippen LogP contribution in [-0.4, -0.2) is 19.4 Å². The minimum Gasteiger partial charge on any atom is -0.468 e. The van der Waals surface area contributed by atoms with Crippen molar-refractivity contribution in [3.63, 3.8) is 0 Å². The molecule has 15 heavy (non-hydrogen) atoms. The molecule has 0 radical (unpaired) electrons. The molecule has 0 spiro atoms. The Balaban J connectivity index is 2.86. The number of methoxy groups -OCH3 is 1. The topological polar surface area (TPSA) is 43.4 Å². The van der Waals surface area contributed by atoms with Crippen molar-refractivity contribution in [3.05, 3.63) is 35.9 Å². The lowest BCUT2D eigenvalue weighted by Gasteiger charge is -2.19. The van der Waals surface area contributed by atoms with E-state index in [1.54, 1.807) is 6.92 Å². The Morgan fingerprint density at radius 2 is 2.00 bits per heavy atom. The van der Waals surface area contributed by atoms with Crippen molar-refractivity contribution in [2.24, 2.45) is 5.41 Å². The van der Waals surface area contributed by atoms with Crippen LogP contribution >= 0.6 is 0 Å². The van der Waals surface area contributed by atoms with Gasteiger partial charge < -0.3 is 9.53 Å². The molecule has 1 unspecified atom stereocenters. The van der Waals surface area contributed by atoms with E-state index in [0.29, 0.717) is 12.7 Å². The first-order valence-electron chi connectivity index (χ1n) is 4.71. The number of hydrogen-bond acceptors (Lipinski definition) is 3. The fraction of sp³-hybridized carbons (Fsp3) is 0.333. The summed E-state index contributed by atoms with van der Waals surface area (Å²) in [5, 5.41) is 0. The molecule has 0 amide bonds. The summed E-state index contributed by atoms with van der Waals surface area (Å²) in [4.78, 5) is 22.3. The first-order chi connectivity index (χ1) is 7.12. The van der Waals surface area contributed by atoms with Gasteiger partial charge in [-0.05, 0) is 18.9 Å². The summed E-state index contributed by atoms with van der Waals surface area (Å²) in [7, 11) is 1.29. The summed E-state index contributed by atoms with van der Waals surface area (Å²) < 4.78 is 4.61. The summed E-state index contributed by atoms with van der Waals surface area (Å²) in [6.45, 7) is 1.58. The summed E-state index contributed by atoms with van der Waals surface area (Å²) >= 11 is 0. The van der Waals surface area contributed by atoms with Gasteiger partial charge in [-0.2, -0.15) is 0 Å². The highest BCUT2D eigenvalue weighted by Gasteiger charge is 2.34. The predicted octanol–water partition coefficient (Wildman–Crippen LogP) is 1.61. The first kappa shape index (κ1) is 11.4. The molecule has 0 bridgehead atoms. The van der Waals surface area contributed by atoms with Crippen molar-refractivity contribution >= 4 is 12.3 Å². The molecular weight excluding hydrogens is 192 g/mol. The second kappa shape index (κ2) is 4.73. The van der Waals surface area contributed by atoms with E-state index in [-0.39, 0.29) is 0 Å². The maximum Gasteiger partial charge on any atom is 0.319 e. The van der Waals surface area contributed by atoms with E-state index < -0.39 is 11.4 Å². The van der Waals surface area contributed by atoms with E-state index in [1.807, 2.05) is 30.3 Å². The molecule has 1 rings (SSSR count). The maximum absolute atomic E-state index is 11.4. The van der Waals surface area contributed by atoms with Gasteiger partial charge in [0.2, 0.25) is 0 Å². The summed E-state index contributed by atoms with van der Waals surface area (Å²) in [5.41, 5.74) is -0.145. The Morgan fingerprint density at radius 3 is 2.47 bits per heavy atom. The van der Waals surface area contributed by atoms with Crippen LogP contribution in [0.1, 0.15) is 12.5 Å². The van der Waals surface area contributed by atoms with E-state index in [9.17, 15) is 9.59 Å². The molecule has 0 N–H and O–H groups in total. The lowest BCUT2D eigenvalue weighted by Crippen LogP contribution is -2.33. The average molecular weight is 206 g/mol. The summed E-state index contributed by atoms with van der Waals surface area (Å²) in [5.74, 6) is -0.499. The van der Waals surface area contributed by atoms with Crippen molar-refractivity contribution in [3.8, 4) is 0 Å². The highest BCUT2D eigenvalue weighted by Crippen LogP contribution is 2.21. The Labute approximate surface area is 89.1 Å². The third kappa shape index (κ3) is 2.65. The van der Waals surface area contributed by atoms with Gasteiger partial charge in [-0.3, -0.25) is 4.79 Å². The highest BCUT2D eigenvalue weighted by molar-refractivity contribution is 5.92. The average Bonchev–Trinajstić information content (AvgIpc) is 2.29. The van der Waals surface area contributed by atoms with Gasteiger partial charge in [0.05, 0.1) is 7.11 Å². The van der Waals surface area contributed by atoms with Gasteiger partial charge in [0, 0.05) is 0 Å². The van der Waals surface area contributed by atoms with E-state index in [4.69, 9.17) is 0 Å². The van der Waals surface area contributed by atoms with Crippen LogP contribution < -0.4 is 0 Å². The van der Waals surface area contributed by atoms with E-state index in [2.05, 4.69) is 4.74 Å². The first-order valence-corrected chi connectivity index (χ1v) is 4.71.